The van der Waals surface area contributed by atoms with E-state index in [-0.39, 0.29) is 22.3 Å². The largest absolute Gasteiger partial charge is 0.417 e. The average molecular weight is 411 g/mol. The summed E-state index contributed by atoms with van der Waals surface area (Å²) in [4.78, 5) is 33.2. The third-order valence-corrected chi connectivity index (χ3v) is 4.27. The fourth-order valence-corrected chi connectivity index (χ4v) is 2.93. The number of carbonyl (C=O) groups excluding carboxylic acids is 1. The molecule has 0 saturated heterocycles. The molecule has 4 rings (SSSR count). The standard InChI is InChI=1S/C21H12F3N3O3/c22-21(23,24)15-9-2-1-6-12(15)19-27-17-13(7-5-8-14(17)20(29)30-19)18(28)26-16-10-3-4-11-25-16/h1-11H,(H,25,26,28). The third kappa shape index (κ3) is 3.64. The number of pyridine rings is 1. The summed E-state index contributed by atoms with van der Waals surface area (Å²) >= 11 is 0. The monoisotopic (exact) mass is 411 g/mol. The molecule has 0 radical (unpaired) electrons. The molecular formula is C21H12F3N3O3. The second-order valence-corrected chi connectivity index (χ2v) is 6.22. The van der Waals surface area contributed by atoms with Gasteiger partial charge in [-0.25, -0.2) is 14.8 Å². The van der Waals surface area contributed by atoms with Crippen molar-refractivity contribution in [2.24, 2.45) is 0 Å². The van der Waals surface area contributed by atoms with Crippen molar-refractivity contribution >= 4 is 22.6 Å². The van der Waals surface area contributed by atoms with E-state index >= 15 is 0 Å². The Balaban J connectivity index is 1.88. The molecule has 0 aliphatic heterocycles. The highest BCUT2D eigenvalue weighted by Gasteiger charge is 2.34. The van der Waals surface area contributed by atoms with Crippen molar-refractivity contribution in [1.82, 2.24) is 9.97 Å². The van der Waals surface area contributed by atoms with Gasteiger partial charge >= 0.3 is 11.8 Å². The van der Waals surface area contributed by atoms with E-state index in [1.807, 2.05) is 0 Å². The van der Waals surface area contributed by atoms with E-state index in [4.69, 9.17) is 4.42 Å². The number of nitrogens with one attached hydrogen (secondary N) is 1. The van der Waals surface area contributed by atoms with Crippen LogP contribution in [0.5, 0.6) is 0 Å². The fraction of sp³-hybridized carbons (Fsp3) is 0.0476. The molecule has 6 nitrogen and oxygen atoms in total. The van der Waals surface area contributed by atoms with Gasteiger partial charge in [-0.3, -0.25) is 4.79 Å². The second kappa shape index (κ2) is 7.43. The smallest absolute Gasteiger partial charge is 0.403 e. The molecule has 1 amide bonds. The van der Waals surface area contributed by atoms with E-state index < -0.39 is 34.7 Å². The molecule has 0 fully saturated rings. The molecule has 9 heteroatoms. The lowest BCUT2D eigenvalue weighted by Crippen LogP contribution is -2.15. The van der Waals surface area contributed by atoms with E-state index in [1.165, 1.54) is 36.5 Å². The number of anilines is 1. The van der Waals surface area contributed by atoms with Gasteiger partial charge in [-0.05, 0) is 36.4 Å². The number of carbonyl (C=O) groups is 1. The van der Waals surface area contributed by atoms with Crippen molar-refractivity contribution in [2.45, 2.75) is 6.18 Å². The van der Waals surface area contributed by atoms with Crippen molar-refractivity contribution in [3.8, 4) is 11.5 Å². The molecule has 1 N–H and O–H groups in total. The lowest BCUT2D eigenvalue weighted by atomic mass is 10.1. The third-order valence-electron chi connectivity index (χ3n) is 4.27. The van der Waals surface area contributed by atoms with Crippen LogP contribution in [0.3, 0.4) is 0 Å². The number of hydrogen-bond donors (Lipinski definition) is 1. The van der Waals surface area contributed by atoms with Crippen LogP contribution in [0.4, 0.5) is 19.0 Å². The Hall–Kier alpha value is -4.01. The van der Waals surface area contributed by atoms with Crippen LogP contribution in [-0.4, -0.2) is 15.9 Å². The summed E-state index contributed by atoms with van der Waals surface area (Å²) in [5.41, 5.74) is -2.38. The summed E-state index contributed by atoms with van der Waals surface area (Å²) in [6, 6.07) is 13.8. The Morgan fingerprint density at radius 2 is 1.73 bits per heavy atom. The molecular weight excluding hydrogens is 399 g/mol. The van der Waals surface area contributed by atoms with Crippen LogP contribution in [0, 0.1) is 0 Å². The fourth-order valence-electron chi connectivity index (χ4n) is 2.93. The van der Waals surface area contributed by atoms with Crippen molar-refractivity contribution in [3.63, 3.8) is 0 Å². The second-order valence-electron chi connectivity index (χ2n) is 6.22. The molecule has 4 aromatic rings. The first-order chi connectivity index (χ1) is 14.3. The summed E-state index contributed by atoms with van der Waals surface area (Å²) < 4.78 is 45.2. The van der Waals surface area contributed by atoms with Crippen LogP contribution in [0.1, 0.15) is 15.9 Å². The van der Waals surface area contributed by atoms with E-state index in [1.54, 1.807) is 18.2 Å². The van der Waals surface area contributed by atoms with Gasteiger partial charge in [0.1, 0.15) is 5.82 Å². The van der Waals surface area contributed by atoms with Gasteiger partial charge in [0.15, 0.2) is 0 Å². The van der Waals surface area contributed by atoms with Gasteiger partial charge in [0.2, 0.25) is 5.89 Å². The van der Waals surface area contributed by atoms with Gasteiger partial charge in [0.05, 0.1) is 22.0 Å². The van der Waals surface area contributed by atoms with Crippen LogP contribution < -0.4 is 10.9 Å². The lowest BCUT2D eigenvalue weighted by Gasteiger charge is -2.12. The van der Waals surface area contributed by atoms with Crippen LogP contribution >= 0.6 is 0 Å². The predicted molar refractivity (Wildman–Crippen MR) is 103 cm³/mol. The first-order valence-electron chi connectivity index (χ1n) is 8.67. The Labute approximate surface area is 167 Å². The van der Waals surface area contributed by atoms with Crippen molar-refractivity contribution in [1.29, 1.82) is 0 Å². The van der Waals surface area contributed by atoms with Gasteiger partial charge in [0, 0.05) is 11.8 Å². The minimum Gasteiger partial charge on any atom is -0.403 e. The highest BCUT2D eigenvalue weighted by atomic mass is 19.4. The maximum absolute atomic E-state index is 13.4. The zero-order valence-corrected chi connectivity index (χ0v) is 15.1. The number of alkyl halides is 3. The van der Waals surface area contributed by atoms with Crippen LogP contribution in [0.25, 0.3) is 22.4 Å². The molecule has 150 valence electrons. The average Bonchev–Trinajstić information content (AvgIpc) is 2.73. The van der Waals surface area contributed by atoms with E-state index in [9.17, 15) is 22.8 Å². The Morgan fingerprint density at radius 1 is 0.967 bits per heavy atom. The van der Waals surface area contributed by atoms with Crippen LogP contribution in [-0.2, 0) is 6.18 Å². The van der Waals surface area contributed by atoms with E-state index in [0.717, 1.165) is 12.1 Å². The molecule has 2 aromatic heterocycles. The maximum Gasteiger partial charge on any atom is 0.417 e. The molecule has 0 saturated carbocycles. The summed E-state index contributed by atoms with van der Waals surface area (Å²) in [6.07, 6.45) is -3.20. The SMILES string of the molecule is O=C(Nc1ccccn1)c1cccc2c(=O)oc(-c3ccccc3C(F)(F)F)nc12. The zero-order chi connectivity index (χ0) is 21.3. The summed E-state index contributed by atoms with van der Waals surface area (Å²) in [7, 11) is 0. The van der Waals surface area contributed by atoms with Crippen LogP contribution in [0.2, 0.25) is 0 Å². The number of para-hydroxylation sites is 1. The maximum atomic E-state index is 13.4. The molecule has 2 heterocycles. The number of hydrogen-bond acceptors (Lipinski definition) is 5. The summed E-state index contributed by atoms with van der Waals surface area (Å²) in [5.74, 6) is -0.879. The van der Waals surface area contributed by atoms with Crippen molar-refractivity contribution in [3.05, 3.63) is 88.4 Å². The normalized spacial score (nSPS) is 11.4. The molecule has 30 heavy (non-hydrogen) atoms. The molecule has 0 spiro atoms. The Kier molecular flexibility index (Phi) is 4.78. The predicted octanol–water partition coefficient (Wildman–Crippen LogP) is 4.52. The Bertz CT molecular complexity index is 1300. The van der Waals surface area contributed by atoms with Gasteiger partial charge in [0.25, 0.3) is 5.91 Å². The van der Waals surface area contributed by atoms with Crippen molar-refractivity contribution in [2.75, 3.05) is 5.32 Å². The van der Waals surface area contributed by atoms with Crippen LogP contribution in [0.15, 0.2) is 76.1 Å². The molecule has 0 bridgehead atoms. The number of benzene rings is 2. The molecule has 0 atom stereocenters. The number of fused-ring (bicyclic) bond motifs is 1. The van der Waals surface area contributed by atoms with Gasteiger partial charge in [-0.2, -0.15) is 13.2 Å². The van der Waals surface area contributed by atoms with Crippen molar-refractivity contribution < 1.29 is 22.4 Å². The highest BCUT2D eigenvalue weighted by Crippen LogP contribution is 2.36. The summed E-state index contributed by atoms with van der Waals surface area (Å²) in [5, 5.41) is 2.53. The highest BCUT2D eigenvalue weighted by molar-refractivity contribution is 6.11. The molecule has 2 aromatic carbocycles. The molecule has 0 aliphatic rings. The van der Waals surface area contributed by atoms with Gasteiger partial charge < -0.3 is 9.73 Å². The van der Waals surface area contributed by atoms with Gasteiger partial charge in [-0.1, -0.05) is 24.3 Å². The minimum atomic E-state index is -4.68. The molecule has 0 aliphatic carbocycles. The quantitative estimate of drug-likeness (QED) is 0.536. The number of aromatic nitrogens is 2. The van der Waals surface area contributed by atoms with E-state index in [0.29, 0.717) is 0 Å². The number of halogens is 3. The van der Waals surface area contributed by atoms with E-state index in [2.05, 4.69) is 15.3 Å². The first-order valence-corrected chi connectivity index (χ1v) is 8.67. The summed E-state index contributed by atoms with van der Waals surface area (Å²) in [6.45, 7) is 0. The number of rotatable bonds is 3. The Morgan fingerprint density at radius 3 is 2.47 bits per heavy atom. The topological polar surface area (TPSA) is 85.1 Å². The lowest BCUT2D eigenvalue weighted by molar-refractivity contribution is -0.137. The first kappa shape index (κ1) is 19.3. The molecule has 0 unspecified atom stereocenters. The number of nitrogens with zero attached hydrogens (tertiary/aromatic N) is 2. The van der Waals surface area contributed by atoms with Gasteiger partial charge in [-0.15, -0.1) is 0 Å². The number of amides is 1. The zero-order valence-electron chi connectivity index (χ0n) is 15.1. The minimum absolute atomic E-state index is 0.00297.